The summed E-state index contributed by atoms with van der Waals surface area (Å²) in [6.45, 7) is 6.18. The third-order valence-electron chi connectivity index (χ3n) is 4.85. The van der Waals surface area contributed by atoms with Crippen molar-refractivity contribution in [2.75, 3.05) is 6.16 Å². The van der Waals surface area contributed by atoms with E-state index in [2.05, 4.69) is 25.8 Å². The molecule has 31 heavy (non-hydrogen) atoms. The molecule has 0 aliphatic heterocycles. The van der Waals surface area contributed by atoms with E-state index in [1.54, 1.807) is 36.4 Å². The Morgan fingerprint density at radius 3 is 2.19 bits per heavy atom. The van der Waals surface area contributed by atoms with Crippen molar-refractivity contribution in [1.29, 1.82) is 0 Å². The number of aliphatic carboxylic acids is 2. The predicted octanol–water partition coefficient (Wildman–Crippen LogP) is 4.46. The minimum absolute atomic E-state index is 0.0146. The number of hydrogen-bond donors (Lipinski definition) is 4. The highest BCUT2D eigenvalue weighted by molar-refractivity contribution is 7.82. The first-order valence-electron chi connectivity index (χ1n) is 9.93. The topological polar surface area (TPSA) is 127 Å². The number of carbonyl (C=O) groups is 2. The average Bonchev–Trinajstić information content (AvgIpc) is 2.69. The molecule has 166 valence electrons. The van der Waals surface area contributed by atoms with Crippen LogP contribution in [0.15, 0.2) is 59.6 Å². The van der Waals surface area contributed by atoms with Gasteiger partial charge in [0.2, 0.25) is 5.45 Å². The van der Waals surface area contributed by atoms with Crippen LogP contribution in [0, 0.1) is 5.92 Å². The Labute approximate surface area is 182 Å². The zero-order chi connectivity index (χ0) is 23.2. The van der Waals surface area contributed by atoms with Gasteiger partial charge in [-0.1, -0.05) is 51.1 Å². The second-order valence-electron chi connectivity index (χ2n) is 8.48. The lowest BCUT2D eigenvalue weighted by Gasteiger charge is -2.20. The summed E-state index contributed by atoms with van der Waals surface area (Å²) in [5.74, 6) is -3.62. The van der Waals surface area contributed by atoms with Crippen molar-refractivity contribution in [2.45, 2.75) is 39.0 Å². The molecule has 2 rings (SSSR count). The summed E-state index contributed by atoms with van der Waals surface area (Å²) in [5, 5.41) is 18.4. The lowest BCUT2D eigenvalue weighted by molar-refractivity contribution is -0.142. The van der Waals surface area contributed by atoms with Crippen LogP contribution in [0.5, 0.6) is 0 Å². The molecule has 8 heteroatoms. The number of rotatable bonds is 9. The largest absolute Gasteiger partial charge is 0.481 e. The van der Waals surface area contributed by atoms with Gasteiger partial charge in [0.25, 0.3) is 0 Å². The van der Waals surface area contributed by atoms with Crippen molar-refractivity contribution < 1.29 is 29.6 Å². The first-order valence-corrected chi connectivity index (χ1v) is 11.8. The molecule has 1 atom stereocenters. The van der Waals surface area contributed by atoms with Crippen molar-refractivity contribution in [3.63, 3.8) is 0 Å². The zero-order valence-corrected chi connectivity index (χ0v) is 18.8. The van der Waals surface area contributed by atoms with Crippen molar-refractivity contribution in [3.05, 3.63) is 65.7 Å². The van der Waals surface area contributed by atoms with Crippen LogP contribution >= 0.6 is 7.72 Å². The van der Waals surface area contributed by atoms with E-state index in [1.807, 2.05) is 18.2 Å². The fraction of sp³-hybridized carbons (Fsp3) is 0.348. The molecule has 0 amide bonds. The van der Waals surface area contributed by atoms with E-state index < -0.39 is 31.7 Å². The maximum absolute atomic E-state index is 11.6. The highest BCUT2D eigenvalue weighted by atomic mass is 31.2. The molecule has 2 aromatic carbocycles. The normalized spacial score (nSPS) is 13.6. The Balaban J connectivity index is 2.50. The number of carboxylic acids is 2. The fourth-order valence-electron chi connectivity index (χ4n) is 3.09. The summed E-state index contributed by atoms with van der Waals surface area (Å²) >= 11 is 0. The maximum atomic E-state index is 11.6. The van der Waals surface area contributed by atoms with Crippen LogP contribution in [0.3, 0.4) is 0 Å². The fourth-order valence-corrected chi connectivity index (χ4v) is 5.05. The molecular formula is C23H29NO6P+. The summed E-state index contributed by atoms with van der Waals surface area (Å²) in [7, 11) is -3.99. The van der Waals surface area contributed by atoms with Crippen LogP contribution < -0.4 is 0 Å². The number of hydrogen-bond acceptors (Lipinski definition) is 5. The van der Waals surface area contributed by atoms with Gasteiger partial charge in [0, 0.05) is 12.0 Å². The SMILES string of the molecule is CC(C)(C)c1cccc(N=C(c2ccccc2)[P+](O)(O)CC(CCC(=O)O)C(=O)O)c1. The van der Waals surface area contributed by atoms with E-state index in [1.165, 1.54) is 0 Å². The second-order valence-corrected chi connectivity index (χ2v) is 10.7. The molecule has 0 radical (unpaired) electrons. The third kappa shape index (κ3) is 7.24. The molecule has 0 fully saturated rings. The second kappa shape index (κ2) is 10.1. The van der Waals surface area contributed by atoms with Crippen LogP contribution in [-0.4, -0.2) is 43.6 Å². The number of nitrogens with zero attached hydrogens (tertiary/aromatic N) is 1. The standard InChI is InChI=1S/C23H28NO6P/c1-23(2,3)18-10-7-11-19(14-18)24-21(16-8-5-4-6-9-16)31(29,30)15-17(22(27)28)12-13-20(25)26/h4-11,14,17,29-30H,12-13,15H2,1-3H3,(H-,25,26,27,28)/p+1. The Hall–Kier alpha value is -2.60. The Morgan fingerprint density at radius 1 is 1.00 bits per heavy atom. The van der Waals surface area contributed by atoms with Gasteiger partial charge >= 0.3 is 19.7 Å². The molecule has 7 nitrogen and oxygen atoms in total. The van der Waals surface area contributed by atoms with Gasteiger partial charge in [-0.25, -0.2) is 14.8 Å². The van der Waals surface area contributed by atoms with Crippen LogP contribution in [0.4, 0.5) is 5.69 Å². The Kier molecular flexibility index (Phi) is 8.07. The lowest BCUT2D eigenvalue weighted by atomic mass is 9.87. The van der Waals surface area contributed by atoms with Gasteiger partial charge in [-0.15, -0.1) is 0 Å². The minimum atomic E-state index is -3.99. The summed E-state index contributed by atoms with van der Waals surface area (Å²) in [4.78, 5) is 49.1. The highest BCUT2D eigenvalue weighted by Crippen LogP contribution is 2.56. The minimum Gasteiger partial charge on any atom is -0.481 e. The first kappa shape index (κ1) is 24.7. The van der Waals surface area contributed by atoms with E-state index in [9.17, 15) is 24.5 Å². The van der Waals surface area contributed by atoms with E-state index >= 15 is 0 Å². The zero-order valence-electron chi connectivity index (χ0n) is 17.9. The average molecular weight is 446 g/mol. The van der Waals surface area contributed by atoms with Gasteiger partial charge in [0.1, 0.15) is 6.16 Å². The maximum Gasteiger partial charge on any atom is 0.320 e. The summed E-state index contributed by atoms with van der Waals surface area (Å²) in [6, 6.07) is 16.0. The molecular weight excluding hydrogens is 417 g/mol. The van der Waals surface area contributed by atoms with Gasteiger partial charge in [0.15, 0.2) is 0 Å². The molecule has 1 unspecified atom stereocenters. The summed E-state index contributed by atoms with van der Waals surface area (Å²) in [5.41, 5.74) is 1.90. The van der Waals surface area contributed by atoms with E-state index in [0.717, 1.165) is 5.56 Å². The van der Waals surface area contributed by atoms with E-state index in [4.69, 9.17) is 5.11 Å². The number of benzene rings is 2. The molecule has 0 aromatic heterocycles. The van der Waals surface area contributed by atoms with Gasteiger partial charge in [-0.3, -0.25) is 9.59 Å². The van der Waals surface area contributed by atoms with Gasteiger partial charge < -0.3 is 10.2 Å². The molecule has 0 aliphatic rings. The Morgan fingerprint density at radius 2 is 1.65 bits per heavy atom. The number of carboxylic acid groups (broad SMARTS) is 2. The molecule has 0 saturated heterocycles. The first-order chi connectivity index (χ1) is 14.4. The van der Waals surface area contributed by atoms with Crippen LogP contribution in [0.2, 0.25) is 0 Å². The smallest absolute Gasteiger partial charge is 0.320 e. The quantitative estimate of drug-likeness (QED) is 0.333. The van der Waals surface area contributed by atoms with Gasteiger partial charge in [-0.05, 0) is 41.7 Å². The number of aliphatic imine (C=N–C) groups is 1. The van der Waals surface area contributed by atoms with Crippen molar-refractivity contribution in [2.24, 2.45) is 10.9 Å². The molecule has 0 saturated carbocycles. The molecule has 4 N–H and O–H groups in total. The molecule has 0 bridgehead atoms. The van der Waals surface area contributed by atoms with Gasteiger partial charge in [0.05, 0.1) is 11.6 Å². The predicted molar refractivity (Wildman–Crippen MR) is 122 cm³/mol. The highest BCUT2D eigenvalue weighted by Gasteiger charge is 2.46. The van der Waals surface area contributed by atoms with Crippen LogP contribution in [-0.2, 0) is 15.0 Å². The van der Waals surface area contributed by atoms with Crippen LogP contribution in [0.1, 0.15) is 44.7 Å². The third-order valence-corrected chi connectivity index (χ3v) is 6.84. The molecule has 0 heterocycles. The molecule has 0 aliphatic carbocycles. The van der Waals surface area contributed by atoms with Crippen molar-refractivity contribution in [3.8, 4) is 0 Å². The van der Waals surface area contributed by atoms with Crippen molar-refractivity contribution in [1.82, 2.24) is 0 Å². The Bertz CT molecular complexity index is 950. The van der Waals surface area contributed by atoms with Crippen molar-refractivity contribution >= 4 is 30.8 Å². The summed E-state index contributed by atoms with van der Waals surface area (Å²) < 4.78 is 0. The van der Waals surface area contributed by atoms with E-state index in [-0.39, 0.29) is 23.7 Å². The molecule has 0 spiro atoms. The van der Waals surface area contributed by atoms with Crippen LogP contribution in [0.25, 0.3) is 0 Å². The van der Waals surface area contributed by atoms with Gasteiger partial charge in [-0.2, -0.15) is 0 Å². The van der Waals surface area contributed by atoms with E-state index in [0.29, 0.717) is 11.3 Å². The lowest BCUT2D eigenvalue weighted by Crippen LogP contribution is -2.24. The molecule has 2 aromatic rings. The summed E-state index contributed by atoms with van der Waals surface area (Å²) in [6.07, 6.45) is -1.06. The monoisotopic (exact) mass is 446 g/mol.